The van der Waals surface area contributed by atoms with Crippen LogP contribution in [-0.2, 0) is 32.7 Å². The second kappa shape index (κ2) is 59.6. The van der Waals surface area contributed by atoms with Gasteiger partial charge in [0, 0.05) is 12.8 Å². The first-order valence-corrected chi connectivity index (χ1v) is 34.8. The van der Waals surface area contributed by atoms with Gasteiger partial charge in [0.25, 0.3) is 7.82 Å². The number of likely N-dealkylation sites (N-methyl/N-ethyl adjacent to an activating group) is 1. The second-order valence-electron chi connectivity index (χ2n) is 23.8. The van der Waals surface area contributed by atoms with E-state index in [9.17, 15) is 19.0 Å². The summed E-state index contributed by atoms with van der Waals surface area (Å²) in [6.07, 6.45) is 76.3. The zero-order valence-corrected chi connectivity index (χ0v) is 53.0. The predicted octanol–water partition coefficient (Wildman–Crippen LogP) is 20.6. The number of ether oxygens (including phenoxy) is 2. The average molecular weight is 1120 g/mol. The van der Waals surface area contributed by atoms with Crippen LogP contribution in [0, 0.1) is 0 Å². The summed E-state index contributed by atoms with van der Waals surface area (Å²) in [5.74, 6) is -0.829. The van der Waals surface area contributed by atoms with E-state index >= 15 is 0 Å². The molecule has 78 heavy (non-hydrogen) atoms. The number of unbranched alkanes of at least 4 members (excludes halogenated alkanes) is 40. The highest BCUT2D eigenvalue weighted by atomic mass is 31.2. The van der Waals surface area contributed by atoms with Gasteiger partial charge in [-0.15, -0.1) is 0 Å². The van der Waals surface area contributed by atoms with E-state index in [2.05, 4.69) is 62.5 Å². The molecule has 0 radical (unpaired) electrons. The molecule has 10 heteroatoms. The lowest BCUT2D eigenvalue weighted by molar-refractivity contribution is -0.870. The Bertz CT molecular complexity index is 1460. The fourth-order valence-electron chi connectivity index (χ4n) is 9.66. The highest BCUT2D eigenvalue weighted by Crippen LogP contribution is 2.38. The van der Waals surface area contributed by atoms with Crippen LogP contribution >= 0.6 is 7.82 Å². The minimum absolute atomic E-state index is 0.0304. The summed E-state index contributed by atoms with van der Waals surface area (Å²) in [4.78, 5) is 37.9. The minimum atomic E-state index is -4.64. The third-order valence-electron chi connectivity index (χ3n) is 14.8. The summed E-state index contributed by atoms with van der Waals surface area (Å²) in [6, 6.07) is 0. The highest BCUT2D eigenvalue weighted by Gasteiger charge is 2.22. The molecule has 0 aliphatic rings. The summed E-state index contributed by atoms with van der Waals surface area (Å²) in [5, 5.41) is 0. The van der Waals surface area contributed by atoms with E-state index < -0.39 is 26.5 Å². The minimum Gasteiger partial charge on any atom is -0.756 e. The Labute approximate surface area is 484 Å². The van der Waals surface area contributed by atoms with Crippen molar-refractivity contribution in [3.63, 3.8) is 0 Å². The smallest absolute Gasteiger partial charge is 0.306 e. The van der Waals surface area contributed by atoms with Crippen molar-refractivity contribution in [3.05, 3.63) is 48.6 Å². The van der Waals surface area contributed by atoms with Gasteiger partial charge in [-0.3, -0.25) is 14.2 Å². The Morgan fingerprint density at radius 2 is 0.692 bits per heavy atom. The largest absolute Gasteiger partial charge is 0.756 e. The molecule has 0 bridgehead atoms. The summed E-state index contributed by atoms with van der Waals surface area (Å²) < 4.78 is 34.2. The fraction of sp³-hybridized carbons (Fsp3) is 0.853. The molecule has 0 aliphatic heterocycles. The van der Waals surface area contributed by atoms with Crippen LogP contribution < -0.4 is 4.89 Å². The van der Waals surface area contributed by atoms with Crippen molar-refractivity contribution in [2.24, 2.45) is 0 Å². The maximum Gasteiger partial charge on any atom is 0.306 e. The molecule has 0 aliphatic carbocycles. The first-order valence-electron chi connectivity index (χ1n) is 33.3. The number of quaternary nitrogens is 1. The Hall–Kier alpha value is -2.03. The first kappa shape index (κ1) is 76.0. The molecule has 0 aromatic rings. The molecule has 0 saturated heterocycles. The molecule has 0 heterocycles. The van der Waals surface area contributed by atoms with Crippen molar-refractivity contribution in [1.29, 1.82) is 0 Å². The number of hydrogen-bond acceptors (Lipinski definition) is 8. The molecule has 0 fully saturated rings. The summed E-state index contributed by atoms with van der Waals surface area (Å²) in [7, 11) is 1.17. The quantitative estimate of drug-likeness (QED) is 0.0195. The van der Waals surface area contributed by atoms with E-state index in [4.69, 9.17) is 18.5 Å². The summed E-state index contributed by atoms with van der Waals surface area (Å²) in [5.41, 5.74) is 0. The first-order chi connectivity index (χ1) is 38.0. The molecule has 0 saturated carbocycles. The highest BCUT2D eigenvalue weighted by molar-refractivity contribution is 7.45. The number of hydrogen-bond donors (Lipinski definition) is 0. The lowest BCUT2D eigenvalue weighted by Gasteiger charge is -2.28. The van der Waals surface area contributed by atoms with Gasteiger partial charge in [-0.05, 0) is 77.0 Å². The van der Waals surface area contributed by atoms with Gasteiger partial charge in [0.2, 0.25) is 0 Å². The average Bonchev–Trinajstić information content (AvgIpc) is 3.41. The monoisotopic (exact) mass is 1120 g/mol. The van der Waals surface area contributed by atoms with Crippen molar-refractivity contribution in [2.75, 3.05) is 47.5 Å². The van der Waals surface area contributed by atoms with E-state index in [1.165, 1.54) is 225 Å². The number of nitrogens with zero attached hydrogens (tertiary/aromatic N) is 1. The van der Waals surface area contributed by atoms with Gasteiger partial charge < -0.3 is 27.9 Å². The van der Waals surface area contributed by atoms with Crippen molar-refractivity contribution in [2.45, 2.75) is 328 Å². The predicted molar refractivity (Wildman–Crippen MR) is 333 cm³/mol. The van der Waals surface area contributed by atoms with Crippen LogP contribution in [0.5, 0.6) is 0 Å². The van der Waals surface area contributed by atoms with Crippen LogP contribution in [-0.4, -0.2) is 70.0 Å². The molecular formula is C68H128NO8P. The van der Waals surface area contributed by atoms with Gasteiger partial charge in [0.05, 0.1) is 27.7 Å². The third kappa shape index (κ3) is 63.2. The lowest BCUT2D eigenvalue weighted by Crippen LogP contribution is -2.37. The third-order valence-corrected chi connectivity index (χ3v) is 15.8. The van der Waals surface area contributed by atoms with Gasteiger partial charge in [0.1, 0.15) is 19.8 Å². The Balaban J connectivity index is 3.90. The number of esters is 2. The molecule has 2 unspecified atom stereocenters. The molecule has 0 rings (SSSR count). The van der Waals surface area contributed by atoms with E-state index in [0.717, 1.165) is 64.2 Å². The van der Waals surface area contributed by atoms with Crippen molar-refractivity contribution >= 4 is 19.8 Å². The fourth-order valence-corrected chi connectivity index (χ4v) is 10.4. The van der Waals surface area contributed by atoms with E-state index in [1.807, 2.05) is 21.1 Å². The number of phosphoric ester groups is 1. The number of carbonyl (C=O) groups is 2. The van der Waals surface area contributed by atoms with E-state index in [1.54, 1.807) is 0 Å². The second-order valence-corrected chi connectivity index (χ2v) is 25.2. The summed E-state index contributed by atoms with van der Waals surface area (Å²) >= 11 is 0. The zero-order valence-electron chi connectivity index (χ0n) is 52.1. The van der Waals surface area contributed by atoms with Crippen molar-refractivity contribution < 1.29 is 42.1 Å². The van der Waals surface area contributed by atoms with Crippen LogP contribution in [0.25, 0.3) is 0 Å². The van der Waals surface area contributed by atoms with Crippen LogP contribution in [0.4, 0.5) is 0 Å². The standard InChI is InChI=1S/C68H128NO8P/c1-6-8-10-12-14-16-18-20-22-23-24-25-26-27-28-29-30-31-32-33-34-35-36-37-38-39-40-41-42-43-44-45-47-49-51-53-55-57-59-61-68(71)77-66(65-76-78(72,73)75-63-62-69(3,4)5)64-74-67(70)60-58-56-54-52-50-48-46-21-19-17-15-13-11-9-7-2/h18,20-21,23-24,26-27,46,66H,6-17,19,22,25,28-45,47-65H2,1-5H3/b20-18-,24-23-,27-26-,46-21-. The van der Waals surface area contributed by atoms with Crippen LogP contribution in [0.3, 0.4) is 0 Å². The topological polar surface area (TPSA) is 111 Å². The van der Waals surface area contributed by atoms with Gasteiger partial charge in [-0.1, -0.05) is 281 Å². The number of rotatable bonds is 62. The van der Waals surface area contributed by atoms with Crippen molar-refractivity contribution in [3.8, 4) is 0 Å². The van der Waals surface area contributed by atoms with Gasteiger partial charge in [-0.25, -0.2) is 0 Å². The van der Waals surface area contributed by atoms with E-state index in [-0.39, 0.29) is 32.0 Å². The summed E-state index contributed by atoms with van der Waals surface area (Å²) in [6.45, 7) is 4.25. The Morgan fingerprint density at radius 3 is 1.04 bits per heavy atom. The van der Waals surface area contributed by atoms with Crippen LogP contribution in [0.15, 0.2) is 48.6 Å². The molecule has 2 atom stereocenters. The molecule has 458 valence electrons. The van der Waals surface area contributed by atoms with E-state index in [0.29, 0.717) is 17.4 Å². The van der Waals surface area contributed by atoms with Crippen LogP contribution in [0.1, 0.15) is 322 Å². The molecular weight excluding hydrogens is 990 g/mol. The van der Waals surface area contributed by atoms with Gasteiger partial charge in [0.15, 0.2) is 6.10 Å². The molecule has 0 amide bonds. The maximum absolute atomic E-state index is 12.8. The lowest BCUT2D eigenvalue weighted by atomic mass is 10.0. The zero-order chi connectivity index (χ0) is 57.0. The molecule has 0 aromatic carbocycles. The van der Waals surface area contributed by atoms with Crippen LogP contribution in [0.2, 0.25) is 0 Å². The molecule has 0 spiro atoms. The van der Waals surface area contributed by atoms with Gasteiger partial charge >= 0.3 is 11.9 Å². The number of phosphoric acid groups is 1. The molecule has 0 N–H and O–H groups in total. The van der Waals surface area contributed by atoms with Gasteiger partial charge in [-0.2, -0.15) is 0 Å². The SMILES string of the molecule is CCCCCCC/C=C\C/C=C\C/C=C\CCCCCCCCCCCCCCCCCCCCCCCCCCC(=O)OC(COC(=O)CCCCCCC/C=C\CCCCCCCC)COP(=O)([O-])OCC[N+](C)(C)C. The maximum atomic E-state index is 12.8. The number of carbonyl (C=O) groups excluding carboxylic acids is 2. The normalized spacial score (nSPS) is 13.5. The molecule has 0 aromatic heterocycles. The Kier molecular flexibility index (Phi) is 58.0. The molecule has 9 nitrogen and oxygen atoms in total. The van der Waals surface area contributed by atoms with Crippen molar-refractivity contribution in [1.82, 2.24) is 0 Å². The Morgan fingerprint density at radius 1 is 0.397 bits per heavy atom. The number of allylic oxidation sites excluding steroid dienone is 8.